The molecular weight excluding hydrogens is 238 g/mol. The molecule has 2 unspecified atom stereocenters. The molecule has 106 valence electrons. The Morgan fingerprint density at radius 3 is 2.42 bits per heavy atom. The molecule has 0 aromatic heterocycles. The number of hydrogen-bond acceptors (Lipinski definition) is 2. The SMILES string of the molecule is CCCC(CC)C(=O)NC(C)Cc1ccc(O)cc1. The average Bonchev–Trinajstić information content (AvgIpc) is 2.38. The van der Waals surface area contributed by atoms with Crippen molar-refractivity contribution in [2.45, 2.75) is 52.5 Å². The van der Waals surface area contributed by atoms with Crippen molar-refractivity contribution in [2.24, 2.45) is 5.92 Å². The molecule has 0 bridgehead atoms. The smallest absolute Gasteiger partial charge is 0.223 e. The Morgan fingerprint density at radius 2 is 1.89 bits per heavy atom. The van der Waals surface area contributed by atoms with Crippen molar-refractivity contribution in [1.82, 2.24) is 5.32 Å². The highest BCUT2D eigenvalue weighted by atomic mass is 16.3. The van der Waals surface area contributed by atoms with Crippen LogP contribution in [0, 0.1) is 5.92 Å². The first kappa shape index (κ1) is 15.5. The zero-order valence-corrected chi connectivity index (χ0v) is 12.1. The molecule has 2 N–H and O–H groups in total. The van der Waals surface area contributed by atoms with Crippen molar-refractivity contribution in [2.75, 3.05) is 0 Å². The second kappa shape index (κ2) is 7.82. The summed E-state index contributed by atoms with van der Waals surface area (Å²) in [5.41, 5.74) is 1.12. The monoisotopic (exact) mass is 263 g/mol. The molecule has 19 heavy (non-hydrogen) atoms. The van der Waals surface area contributed by atoms with Gasteiger partial charge in [-0.2, -0.15) is 0 Å². The number of amides is 1. The fraction of sp³-hybridized carbons (Fsp3) is 0.562. The third-order valence-corrected chi connectivity index (χ3v) is 3.37. The maximum Gasteiger partial charge on any atom is 0.223 e. The Hall–Kier alpha value is -1.51. The number of benzene rings is 1. The minimum Gasteiger partial charge on any atom is -0.508 e. The van der Waals surface area contributed by atoms with E-state index in [0.29, 0.717) is 0 Å². The number of nitrogens with one attached hydrogen (secondary N) is 1. The van der Waals surface area contributed by atoms with Gasteiger partial charge in [0.1, 0.15) is 5.75 Å². The van der Waals surface area contributed by atoms with E-state index in [9.17, 15) is 9.90 Å². The van der Waals surface area contributed by atoms with Gasteiger partial charge in [0.2, 0.25) is 5.91 Å². The lowest BCUT2D eigenvalue weighted by molar-refractivity contribution is -0.125. The summed E-state index contributed by atoms with van der Waals surface area (Å²) in [6, 6.07) is 7.25. The fourth-order valence-electron chi connectivity index (χ4n) is 2.27. The first-order valence-corrected chi connectivity index (χ1v) is 7.15. The molecule has 1 amide bonds. The van der Waals surface area contributed by atoms with E-state index >= 15 is 0 Å². The van der Waals surface area contributed by atoms with E-state index < -0.39 is 0 Å². The van der Waals surface area contributed by atoms with Gasteiger partial charge in [-0.1, -0.05) is 32.4 Å². The standard InChI is InChI=1S/C16H25NO2/c1-4-6-14(5-2)16(19)17-12(3)11-13-7-9-15(18)10-8-13/h7-10,12,14,18H,4-6,11H2,1-3H3,(H,17,19). The summed E-state index contributed by atoms with van der Waals surface area (Å²) in [5, 5.41) is 12.3. The van der Waals surface area contributed by atoms with Crippen molar-refractivity contribution in [1.29, 1.82) is 0 Å². The van der Waals surface area contributed by atoms with Crippen molar-refractivity contribution >= 4 is 5.91 Å². The Morgan fingerprint density at radius 1 is 1.26 bits per heavy atom. The Labute approximate surface area is 116 Å². The summed E-state index contributed by atoms with van der Waals surface area (Å²) in [6.45, 7) is 6.18. The van der Waals surface area contributed by atoms with Gasteiger partial charge < -0.3 is 10.4 Å². The zero-order chi connectivity index (χ0) is 14.3. The lowest BCUT2D eigenvalue weighted by Gasteiger charge is -2.19. The Kier molecular flexibility index (Phi) is 6.40. The second-order valence-corrected chi connectivity index (χ2v) is 5.17. The highest BCUT2D eigenvalue weighted by Gasteiger charge is 2.17. The second-order valence-electron chi connectivity index (χ2n) is 5.17. The van der Waals surface area contributed by atoms with Crippen LogP contribution in [-0.4, -0.2) is 17.1 Å². The van der Waals surface area contributed by atoms with E-state index in [2.05, 4.69) is 19.2 Å². The Balaban J connectivity index is 2.47. The minimum absolute atomic E-state index is 0.114. The summed E-state index contributed by atoms with van der Waals surface area (Å²) < 4.78 is 0. The van der Waals surface area contributed by atoms with Gasteiger partial charge in [-0.3, -0.25) is 4.79 Å². The van der Waals surface area contributed by atoms with E-state index in [1.807, 2.05) is 19.1 Å². The van der Waals surface area contributed by atoms with Crippen LogP contribution < -0.4 is 5.32 Å². The van der Waals surface area contributed by atoms with Crippen LogP contribution in [0.25, 0.3) is 0 Å². The Bertz CT molecular complexity index is 386. The molecule has 1 rings (SSSR count). The van der Waals surface area contributed by atoms with Crippen molar-refractivity contribution in [3.05, 3.63) is 29.8 Å². The first-order valence-electron chi connectivity index (χ1n) is 7.15. The molecular formula is C16H25NO2. The maximum atomic E-state index is 12.1. The van der Waals surface area contributed by atoms with E-state index in [1.54, 1.807) is 12.1 Å². The minimum atomic E-state index is 0.114. The summed E-state index contributed by atoms with van der Waals surface area (Å²) in [6.07, 6.45) is 3.67. The summed E-state index contributed by atoms with van der Waals surface area (Å²) in [4.78, 5) is 12.1. The van der Waals surface area contributed by atoms with Crippen molar-refractivity contribution < 1.29 is 9.90 Å². The zero-order valence-electron chi connectivity index (χ0n) is 12.1. The third-order valence-electron chi connectivity index (χ3n) is 3.37. The molecule has 0 radical (unpaired) electrons. The van der Waals surface area contributed by atoms with Crippen LogP contribution >= 0.6 is 0 Å². The maximum absolute atomic E-state index is 12.1. The molecule has 3 nitrogen and oxygen atoms in total. The van der Waals surface area contributed by atoms with Gasteiger partial charge in [0, 0.05) is 12.0 Å². The number of hydrogen-bond donors (Lipinski definition) is 2. The largest absolute Gasteiger partial charge is 0.508 e. The first-order chi connectivity index (χ1) is 9.06. The number of rotatable bonds is 7. The quantitative estimate of drug-likeness (QED) is 0.793. The molecule has 0 fully saturated rings. The number of carbonyl (C=O) groups is 1. The lowest BCUT2D eigenvalue weighted by atomic mass is 9.99. The van der Waals surface area contributed by atoms with Gasteiger partial charge in [-0.15, -0.1) is 0 Å². The third kappa shape index (κ3) is 5.33. The molecule has 0 spiro atoms. The van der Waals surface area contributed by atoms with Crippen molar-refractivity contribution in [3.63, 3.8) is 0 Å². The highest BCUT2D eigenvalue weighted by molar-refractivity contribution is 5.78. The van der Waals surface area contributed by atoms with Crippen LogP contribution in [0.2, 0.25) is 0 Å². The van der Waals surface area contributed by atoms with Crippen LogP contribution in [0.3, 0.4) is 0 Å². The average molecular weight is 263 g/mol. The van der Waals surface area contributed by atoms with Gasteiger partial charge in [0.05, 0.1) is 0 Å². The number of phenols is 1. The predicted molar refractivity (Wildman–Crippen MR) is 78.1 cm³/mol. The van der Waals surface area contributed by atoms with E-state index in [-0.39, 0.29) is 23.6 Å². The molecule has 0 heterocycles. The van der Waals surface area contributed by atoms with Gasteiger partial charge in [-0.25, -0.2) is 0 Å². The van der Waals surface area contributed by atoms with Gasteiger partial charge in [0.15, 0.2) is 0 Å². The molecule has 1 aromatic rings. The van der Waals surface area contributed by atoms with Crippen LogP contribution in [0.4, 0.5) is 0 Å². The topological polar surface area (TPSA) is 49.3 Å². The van der Waals surface area contributed by atoms with Crippen LogP contribution in [-0.2, 0) is 11.2 Å². The van der Waals surface area contributed by atoms with Crippen LogP contribution in [0.5, 0.6) is 5.75 Å². The fourth-order valence-corrected chi connectivity index (χ4v) is 2.27. The highest BCUT2D eigenvalue weighted by Crippen LogP contribution is 2.13. The predicted octanol–water partition coefficient (Wildman–Crippen LogP) is 3.27. The van der Waals surface area contributed by atoms with E-state index in [1.165, 1.54) is 0 Å². The number of aromatic hydroxyl groups is 1. The van der Waals surface area contributed by atoms with E-state index in [0.717, 1.165) is 31.2 Å². The molecule has 0 saturated carbocycles. The lowest BCUT2D eigenvalue weighted by Crippen LogP contribution is -2.38. The van der Waals surface area contributed by atoms with Gasteiger partial charge in [-0.05, 0) is 43.9 Å². The molecule has 1 aromatic carbocycles. The molecule has 0 aliphatic heterocycles. The number of phenolic OH excluding ortho intramolecular Hbond substituents is 1. The number of carbonyl (C=O) groups excluding carboxylic acids is 1. The molecule has 0 saturated heterocycles. The summed E-state index contributed by atoms with van der Waals surface area (Å²) >= 11 is 0. The van der Waals surface area contributed by atoms with Crippen molar-refractivity contribution in [3.8, 4) is 5.75 Å². The molecule has 0 aliphatic rings. The summed E-state index contributed by atoms with van der Waals surface area (Å²) in [7, 11) is 0. The normalized spacial score (nSPS) is 13.8. The molecule has 2 atom stereocenters. The van der Waals surface area contributed by atoms with Gasteiger partial charge >= 0.3 is 0 Å². The van der Waals surface area contributed by atoms with Crippen LogP contribution in [0.1, 0.15) is 45.6 Å². The summed E-state index contributed by atoms with van der Waals surface area (Å²) in [5.74, 6) is 0.567. The molecule has 0 aliphatic carbocycles. The van der Waals surface area contributed by atoms with Gasteiger partial charge in [0.25, 0.3) is 0 Å². The molecule has 3 heteroatoms. The van der Waals surface area contributed by atoms with Crippen LogP contribution in [0.15, 0.2) is 24.3 Å². The van der Waals surface area contributed by atoms with E-state index in [4.69, 9.17) is 0 Å².